The van der Waals surface area contributed by atoms with E-state index in [0.29, 0.717) is 5.56 Å². The average molecular weight is 202 g/mol. The van der Waals surface area contributed by atoms with Crippen molar-refractivity contribution in [2.24, 2.45) is 0 Å². The van der Waals surface area contributed by atoms with Crippen molar-refractivity contribution in [2.45, 2.75) is 12.8 Å². The Bertz CT molecular complexity index is 396. The molecule has 0 aliphatic heterocycles. The molecule has 0 N–H and O–H groups in total. The molecule has 74 valence electrons. The number of benzene rings is 1. The monoisotopic (exact) mass is 202 g/mol. The fourth-order valence-electron chi connectivity index (χ4n) is 1.40. The smallest absolute Gasteiger partial charge is 0.405 e. The Kier molecular flexibility index (Phi) is 1.77. The molecule has 0 spiro atoms. The van der Waals surface area contributed by atoms with E-state index in [9.17, 15) is 18.0 Å². The summed E-state index contributed by atoms with van der Waals surface area (Å²) in [7, 11) is 0. The van der Waals surface area contributed by atoms with Crippen molar-refractivity contribution in [1.82, 2.24) is 0 Å². The normalized spacial score (nSPS) is 14.6. The van der Waals surface area contributed by atoms with Crippen molar-refractivity contribution in [3.05, 3.63) is 29.3 Å². The minimum Gasteiger partial charge on any atom is -0.405 e. The van der Waals surface area contributed by atoms with Crippen LogP contribution in [0.5, 0.6) is 5.75 Å². The molecule has 0 radical (unpaired) electrons. The second-order valence-electron chi connectivity index (χ2n) is 2.94. The van der Waals surface area contributed by atoms with Crippen LogP contribution in [-0.2, 0) is 6.42 Å². The van der Waals surface area contributed by atoms with Gasteiger partial charge in [-0.2, -0.15) is 0 Å². The quantitative estimate of drug-likeness (QED) is 0.698. The molecule has 14 heavy (non-hydrogen) atoms. The largest absolute Gasteiger partial charge is 0.573 e. The van der Waals surface area contributed by atoms with Gasteiger partial charge in [0, 0.05) is 6.42 Å². The van der Waals surface area contributed by atoms with Crippen LogP contribution in [0, 0.1) is 0 Å². The van der Waals surface area contributed by atoms with Crippen molar-refractivity contribution >= 4 is 5.78 Å². The molecule has 0 saturated carbocycles. The summed E-state index contributed by atoms with van der Waals surface area (Å²) < 4.78 is 39.3. The first-order chi connectivity index (χ1) is 6.47. The van der Waals surface area contributed by atoms with Gasteiger partial charge >= 0.3 is 6.36 Å². The topological polar surface area (TPSA) is 26.3 Å². The first-order valence-electron chi connectivity index (χ1n) is 3.88. The molecule has 1 aliphatic rings. The van der Waals surface area contributed by atoms with Gasteiger partial charge in [0.2, 0.25) is 0 Å². The summed E-state index contributed by atoms with van der Waals surface area (Å²) in [5, 5.41) is 0. The van der Waals surface area contributed by atoms with Gasteiger partial charge in [0.1, 0.15) is 5.75 Å². The van der Waals surface area contributed by atoms with Crippen molar-refractivity contribution in [2.75, 3.05) is 0 Å². The SMILES string of the molecule is O=C1Cc2cccc(OC(F)(F)F)c21. The summed E-state index contributed by atoms with van der Waals surface area (Å²) in [5.74, 6) is -0.703. The Morgan fingerprint density at radius 2 is 2.00 bits per heavy atom. The van der Waals surface area contributed by atoms with Crippen LogP contribution in [0.4, 0.5) is 13.2 Å². The predicted octanol–water partition coefficient (Wildman–Crippen LogP) is 2.32. The van der Waals surface area contributed by atoms with Gasteiger partial charge < -0.3 is 4.74 Å². The first kappa shape index (κ1) is 9.05. The third-order valence-electron chi connectivity index (χ3n) is 1.97. The maximum Gasteiger partial charge on any atom is 0.573 e. The number of ether oxygens (including phenoxy) is 1. The van der Waals surface area contributed by atoms with Gasteiger partial charge in [-0.25, -0.2) is 0 Å². The molecule has 0 amide bonds. The molecule has 0 saturated heterocycles. The van der Waals surface area contributed by atoms with Gasteiger partial charge in [-0.15, -0.1) is 13.2 Å². The standard InChI is InChI=1S/C9H5F3O2/c10-9(11,12)14-7-3-1-2-5-4-6(13)8(5)7/h1-3H,4H2. The Morgan fingerprint density at radius 1 is 1.29 bits per heavy atom. The van der Waals surface area contributed by atoms with E-state index in [-0.39, 0.29) is 17.8 Å². The minimum absolute atomic E-state index is 0.0600. The van der Waals surface area contributed by atoms with Gasteiger partial charge in [0.25, 0.3) is 0 Å². The van der Waals surface area contributed by atoms with E-state index in [2.05, 4.69) is 4.74 Å². The molecule has 2 rings (SSSR count). The molecule has 0 unspecified atom stereocenters. The first-order valence-corrected chi connectivity index (χ1v) is 3.88. The van der Waals surface area contributed by atoms with Crippen molar-refractivity contribution in [3.63, 3.8) is 0 Å². The highest BCUT2D eigenvalue weighted by atomic mass is 19.4. The van der Waals surface area contributed by atoms with Crippen LogP contribution >= 0.6 is 0 Å². The zero-order chi connectivity index (χ0) is 10.3. The Hall–Kier alpha value is -1.52. The minimum atomic E-state index is -4.75. The number of hydrogen-bond donors (Lipinski definition) is 0. The Labute approximate surface area is 77.3 Å². The number of alkyl halides is 3. The number of carbonyl (C=O) groups excluding carboxylic acids is 1. The number of ketones is 1. The lowest BCUT2D eigenvalue weighted by Gasteiger charge is -2.21. The molecule has 1 aliphatic carbocycles. The molecule has 5 heteroatoms. The highest BCUT2D eigenvalue weighted by Gasteiger charge is 2.35. The summed E-state index contributed by atoms with van der Waals surface area (Å²) in [5.41, 5.74) is 0.668. The molecular weight excluding hydrogens is 197 g/mol. The van der Waals surface area contributed by atoms with Gasteiger partial charge in [-0.05, 0) is 11.6 Å². The fourth-order valence-corrected chi connectivity index (χ4v) is 1.40. The van der Waals surface area contributed by atoms with E-state index >= 15 is 0 Å². The zero-order valence-corrected chi connectivity index (χ0v) is 6.89. The number of rotatable bonds is 1. The molecule has 0 aromatic heterocycles. The van der Waals surface area contributed by atoms with Crippen LogP contribution in [0.1, 0.15) is 15.9 Å². The predicted molar refractivity (Wildman–Crippen MR) is 41.2 cm³/mol. The molecule has 1 aromatic carbocycles. The fraction of sp³-hybridized carbons (Fsp3) is 0.222. The van der Waals surface area contributed by atoms with Crippen LogP contribution in [-0.4, -0.2) is 12.1 Å². The molecule has 0 heterocycles. The maximum atomic E-state index is 11.9. The summed E-state index contributed by atoms with van der Waals surface area (Å²) in [6, 6.07) is 4.19. The van der Waals surface area contributed by atoms with E-state index < -0.39 is 12.1 Å². The summed E-state index contributed by atoms with van der Waals surface area (Å²) in [6.45, 7) is 0. The molecule has 1 aromatic rings. The molecular formula is C9H5F3O2. The van der Waals surface area contributed by atoms with E-state index in [1.807, 2.05) is 0 Å². The highest BCUT2D eigenvalue weighted by molar-refractivity contribution is 6.08. The van der Waals surface area contributed by atoms with Crippen LogP contribution in [0.3, 0.4) is 0 Å². The third-order valence-corrected chi connectivity index (χ3v) is 1.97. The highest BCUT2D eigenvalue weighted by Crippen LogP contribution is 2.34. The van der Waals surface area contributed by atoms with Crippen molar-refractivity contribution < 1.29 is 22.7 Å². The van der Waals surface area contributed by atoms with Gasteiger partial charge in [-0.1, -0.05) is 12.1 Å². The van der Waals surface area contributed by atoms with E-state index in [1.54, 1.807) is 6.07 Å². The number of hydrogen-bond acceptors (Lipinski definition) is 2. The molecule has 0 fully saturated rings. The number of carbonyl (C=O) groups is 1. The van der Waals surface area contributed by atoms with Gasteiger partial charge in [0.05, 0.1) is 5.56 Å². The third kappa shape index (κ3) is 1.45. The zero-order valence-electron chi connectivity index (χ0n) is 6.89. The van der Waals surface area contributed by atoms with Gasteiger partial charge in [-0.3, -0.25) is 4.79 Å². The summed E-state index contributed by atoms with van der Waals surface area (Å²) >= 11 is 0. The van der Waals surface area contributed by atoms with Crippen LogP contribution in [0.25, 0.3) is 0 Å². The lowest BCUT2D eigenvalue weighted by atomic mass is 9.86. The van der Waals surface area contributed by atoms with Crippen molar-refractivity contribution in [3.8, 4) is 5.75 Å². The molecule has 0 atom stereocenters. The Balaban J connectivity index is 2.36. The second kappa shape index (κ2) is 2.73. The summed E-state index contributed by atoms with van der Waals surface area (Å²) in [4.78, 5) is 11.0. The number of Topliss-reactive ketones (excluding diaryl/α,β-unsaturated/α-hetero) is 1. The Morgan fingerprint density at radius 3 is 2.57 bits per heavy atom. The van der Waals surface area contributed by atoms with Crippen LogP contribution < -0.4 is 4.74 Å². The van der Waals surface area contributed by atoms with Crippen LogP contribution in [0.15, 0.2) is 18.2 Å². The maximum absolute atomic E-state index is 11.9. The second-order valence-corrected chi connectivity index (χ2v) is 2.94. The lowest BCUT2D eigenvalue weighted by Crippen LogP contribution is -2.24. The van der Waals surface area contributed by atoms with E-state index in [0.717, 1.165) is 6.07 Å². The van der Waals surface area contributed by atoms with Crippen LogP contribution in [0.2, 0.25) is 0 Å². The number of fused-ring (bicyclic) bond motifs is 1. The molecule has 2 nitrogen and oxygen atoms in total. The van der Waals surface area contributed by atoms with Crippen molar-refractivity contribution in [1.29, 1.82) is 0 Å². The van der Waals surface area contributed by atoms with E-state index in [4.69, 9.17) is 0 Å². The van der Waals surface area contributed by atoms with Gasteiger partial charge in [0.15, 0.2) is 5.78 Å². The molecule has 0 bridgehead atoms. The number of halogens is 3. The lowest BCUT2D eigenvalue weighted by molar-refractivity contribution is -0.274. The summed E-state index contributed by atoms with van der Waals surface area (Å²) in [6.07, 6.45) is -4.55. The van der Waals surface area contributed by atoms with E-state index in [1.165, 1.54) is 6.07 Å². The average Bonchev–Trinajstić information content (AvgIpc) is 1.98.